The minimum atomic E-state index is -0.380. The maximum Gasteiger partial charge on any atom is 0.257 e. The Kier molecular flexibility index (Phi) is 3.75. The Labute approximate surface area is 101 Å². The molecule has 1 atom stereocenters. The van der Waals surface area contributed by atoms with Gasteiger partial charge in [0.1, 0.15) is 0 Å². The minimum Gasteiger partial charge on any atom is -0.478 e. The van der Waals surface area contributed by atoms with Crippen LogP contribution in [0.2, 0.25) is 0 Å². The number of aromatic nitrogens is 2. The molecular weight excluding hydrogens is 220 g/mol. The number of nitrogens with zero attached hydrogens (tertiary/aromatic N) is 4. The molecule has 2 heterocycles. The first-order valence-electron chi connectivity index (χ1n) is 5.67. The third-order valence-corrected chi connectivity index (χ3v) is 2.84. The van der Waals surface area contributed by atoms with E-state index in [0.717, 1.165) is 13.1 Å². The van der Waals surface area contributed by atoms with E-state index < -0.39 is 0 Å². The number of aliphatic hydroxyl groups excluding tert-OH is 1. The molecule has 1 aromatic heterocycles. The van der Waals surface area contributed by atoms with E-state index in [-0.39, 0.29) is 6.10 Å². The number of β-amino-alcohol motifs (C(OH)–C–C–N with tert-alkyl or cyclic N) is 1. The Bertz CT molecular complexity index is 374. The summed E-state index contributed by atoms with van der Waals surface area (Å²) in [6.45, 7) is 2.93. The summed E-state index contributed by atoms with van der Waals surface area (Å²) in [4.78, 5) is 12.5. The van der Waals surface area contributed by atoms with Crippen molar-refractivity contribution in [3.63, 3.8) is 0 Å². The smallest absolute Gasteiger partial charge is 0.257 e. The first kappa shape index (κ1) is 12.1. The second-order valence-corrected chi connectivity index (χ2v) is 4.25. The van der Waals surface area contributed by atoms with Crippen LogP contribution in [0.5, 0.6) is 5.88 Å². The number of likely N-dealkylation sites (N-methyl/N-ethyl adjacent to an activating group) is 1. The first-order chi connectivity index (χ1) is 8.20. The van der Waals surface area contributed by atoms with Crippen LogP contribution in [0.3, 0.4) is 0 Å². The molecule has 1 fully saturated rings. The van der Waals surface area contributed by atoms with E-state index in [1.54, 1.807) is 19.5 Å². The van der Waals surface area contributed by atoms with Gasteiger partial charge in [0.15, 0.2) is 5.82 Å². The molecule has 0 aromatic carbocycles. The van der Waals surface area contributed by atoms with Gasteiger partial charge in [-0.3, -0.25) is 0 Å². The molecule has 2 rings (SSSR count). The molecule has 0 unspecified atom stereocenters. The average molecular weight is 238 g/mol. The van der Waals surface area contributed by atoms with Gasteiger partial charge in [-0.25, -0.2) is 9.97 Å². The van der Waals surface area contributed by atoms with E-state index in [1.807, 2.05) is 11.9 Å². The zero-order valence-electron chi connectivity index (χ0n) is 10.2. The Morgan fingerprint density at radius 1 is 1.29 bits per heavy atom. The fraction of sp³-hybridized carbons (Fsp3) is 0.636. The molecule has 17 heavy (non-hydrogen) atoms. The number of hydrogen-bond acceptors (Lipinski definition) is 6. The van der Waals surface area contributed by atoms with Gasteiger partial charge in [-0.15, -0.1) is 0 Å². The lowest BCUT2D eigenvalue weighted by Gasteiger charge is -2.23. The summed E-state index contributed by atoms with van der Waals surface area (Å²) >= 11 is 0. The molecule has 1 saturated heterocycles. The van der Waals surface area contributed by atoms with Gasteiger partial charge in [0, 0.05) is 38.6 Å². The van der Waals surface area contributed by atoms with E-state index in [9.17, 15) is 5.11 Å². The first-order valence-corrected chi connectivity index (χ1v) is 5.67. The van der Waals surface area contributed by atoms with Crippen LogP contribution in [0.25, 0.3) is 0 Å². The number of anilines is 1. The van der Waals surface area contributed by atoms with Crippen LogP contribution in [0.1, 0.15) is 0 Å². The molecular formula is C11H18N4O2. The number of rotatable bonds is 2. The zero-order valence-corrected chi connectivity index (χ0v) is 10.2. The highest BCUT2D eigenvalue weighted by Crippen LogP contribution is 2.22. The van der Waals surface area contributed by atoms with E-state index in [2.05, 4.69) is 14.9 Å². The summed E-state index contributed by atoms with van der Waals surface area (Å²) in [5.41, 5.74) is 0. The molecule has 0 saturated carbocycles. The van der Waals surface area contributed by atoms with Gasteiger partial charge in [-0.2, -0.15) is 0 Å². The van der Waals surface area contributed by atoms with Gasteiger partial charge in [-0.05, 0) is 7.05 Å². The van der Waals surface area contributed by atoms with Crippen LogP contribution in [-0.2, 0) is 0 Å². The molecule has 1 aliphatic rings. The molecule has 1 aromatic rings. The highest BCUT2D eigenvalue weighted by molar-refractivity contribution is 5.48. The molecule has 0 radical (unpaired) electrons. The number of ether oxygens (including phenoxy) is 1. The van der Waals surface area contributed by atoms with Crippen LogP contribution < -0.4 is 9.64 Å². The van der Waals surface area contributed by atoms with Crippen molar-refractivity contribution < 1.29 is 9.84 Å². The van der Waals surface area contributed by atoms with E-state index >= 15 is 0 Å². The number of hydrogen-bond donors (Lipinski definition) is 1. The van der Waals surface area contributed by atoms with Crippen molar-refractivity contribution in [2.45, 2.75) is 6.10 Å². The van der Waals surface area contributed by atoms with E-state index in [0.29, 0.717) is 24.8 Å². The van der Waals surface area contributed by atoms with Crippen LogP contribution in [0.4, 0.5) is 5.82 Å². The Hall–Kier alpha value is -1.40. The van der Waals surface area contributed by atoms with Gasteiger partial charge in [-0.1, -0.05) is 0 Å². The molecule has 94 valence electrons. The second-order valence-electron chi connectivity index (χ2n) is 4.25. The summed E-state index contributed by atoms with van der Waals surface area (Å²) < 4.78 is 5.19. The van der Waals surface area contributed by atoms with Crippen LogP contribution in [0.15, 0.2) is 12.4 Å². The topological polar surface area (TPSA) is 61.7 Å². The number of aliphatic hydroxyl groups is 1. The summed E-state index contributed by atoms with van der Waals surface area (Å²) in [5.74, 6) is 1.20. The van der Waals surface area contributed by atoms with Crippen molar-refractivity contribution in [3.8, 4) is 5.88 Å². The fourth-order valence-electron chi connectivity index (χ4n) is 2.02. The van der Waals surface area contributed by atoms with Gasteiger partial charge < -0.3 is 19.6 Å². The van der Waals surface area contributed by atoms with Crippen molar-refractivity contribution >= 4 is 5.82 Å². The molecule has 6 heteroatoms. The standard InChI is InChI=1S/C11H18N4O2/c1-14-5-6-15(8-9(16)7-14)10-11(17-2)13-4-3-12-10/h3-4,9,16H,5-8H2,1-2H3/t9-/m1/s1. The third kappa shape index (κ3) is 2.83. The monoisotopic (exact) mass is 238 g/mol. The average Bonchev–Trinajstić information content (AvgIpc) is 2.50. The van der Waals surface area contributed by atoms with Crippen molar-refractivity contribution in [1.29, 1.82) is 0 Å². The quantitative estimate of drug-likeness (QED) is 0.756. The van der Waals surface area contributed by atoms with Gasteiger partial charge in [0.2, 0.25) is 0 Å². The maximum atomic E-state index is 9.88. The number of methoxy groups -OCH3 is 1. The molecule has 1 aliphatic heterocycles. The summed E-state index contributed by atoms with van der Waals surface area (Å²) in [7, 11) is 3.58. The van der Waals surface area contributed by atoms with Gasteiger partial charge in [0.05, 0.1) is 13.2 Å². The third-order valence-electron chi connectivity index (χ3n) is 2.84. The highest BCUT2D eigenvalue weighted by atomic mass is 16.5. The summed E-state index contributed by atoms with van der Waals surface area (Å²) in [6.07, 6.45) is 2.86. The van der Waals surface area contributed by atoms with Crippen molar-refractivity contribution in [1.82, 2.24) is 14.9 Å². The second kappa shape index (κ2) is 5.29. The Balaban J connectivity index is 2.20. The van der Waals surface area contributed by atoms with Crippen molar-refractivity contribution in [2.75, 3.05) is 45.2 Å². The van der Waals surface area contributed by atoms with E-state index in [1.165, 1.54) is 0 Å². The largest absolute Gasteiger partial charge is 0.478 e. The lowest BCUT2D eigenvalue weighted by atomic mass is 10.3. The predicted octanol–water partition coefficient (Wildman–Crippen LogP) is -0.402. The van der Waals surface area contributed by atoms with Crippen LogP contribution >= 0.6 is 0 Å². The Morgan fingerprint density at radius 3 is 2.82 bits per heavy atom. The fourth-order valence-corrected chi connectivity index (χ4v) is 2.02. The molecule has 0 spiro atoms. The van der Waals surface area contributed by atoms with Crippen LogP contribution in [0, 0.1) is 0 Å². The lowest BCUT2D eigenvalue weighted by Crippen LogP contribution is -2.33. The highest BCUT2D eigenvalue weighted by Gasteiger charge is 2.22. The minimum absolute atomic E-state index is 0.380. The molecule has 0 bridgehead atoms. The molecule has 0 aliphatic carbocycles. The molecule has 6 nitrogen and oxygen atoms in total. The maximum absolute atomic E-state index is 9.88. The Morgan fingerprint density at radius 2 is 2.06 bits per heavy atom. The van der Waals surface area contributed by atoms with Crippen molar-refractivity contribution in [3.05, 3.63) is 12.4 Å². The lowest BCUT2D eigenvalue weighted by molar-refractivity contribution is 0.145. The normalized spacial score (nSPS) is 22.3. The zero-order chi connectivity index (χ0) is 12.3. The van der Waals surface area contributed by atoms with Gasteiger partial charge >= 0.3 is 0 Å². The molecule has 1 N–H and O–H groups in total. The van der Waals surface area contributed by atoms with Crippen molar-refractivity contribution in [2.24, 2.45) is 0 Å². The van der Waals surface area contributed by atoms with Gasteiger partial charge in [0.25, 0.3) is 5.88 Å². The summed E-state index contributed by atoms with van der Waals surface area (Å²) in [5, 5.41) is 9.88. The SMILES string of the molecule is COc1nccnc1N1CCN(C)C[C@@H](O)C1. The predicted molar refractivity (Wildman–Crippen MR) is 64.3 cm³/mol. The summed E-state index contributed by atoms with van der Waals surface area (Å²) in [6, 6.07) is 0. The van der Waals surface area contributed by atoms with Crippen LogP contribution in [-0.4, -0.2) is 66.4 Å². The molecule has 0 amide bonds. The van der Waals surface area contributed by atoms with E-state index in [4.69, 9.17) is 4.74 Å².